The van der Waals surface area contributed by atoms with E-state index in [1.165, 1.54) is 4.88 Å². The Morgan fingerprint density at radius 1 is 1.62 bits per heavy atom. The molecule has 1 aromatic rings. The van der Waals surface area contributed by atoms with Crippen molar-refractivity contribution in [2.75, 3.05) is 0 Å². The van der Waals surface area contributed by atoms with Gasteiger partial charge in [-0.05, 0) is 34.8 Å². The Morgan fingerprint density at radius 3 is 2.62 bits per heavy atom. The highest BCUT2D eigenvalue weighted by atomic mass is 79.9. The number of nitrogens with one attached hydrogen (secondary N) is 1. The molecule has 0 aliphatic rings. The molecule has 1 unspecified atom stereocenters. The Labute approximate surface area is 108 Å². The standard InChI is InChI=1S/C11H16BrNO2S/c1-6(2)10(11(14)15)13-5-8-4-9(12)7(3)16-8/h4,6,10,13H,5H2,1-3H3,(H,14,15). The number of aliphatic carboxylic acids is 1. The molecule has 5 heteroatoms. The second-order valence-electron chi connectivity index (χ2n) is 4.06. The fourth-order valence-corrected chi connectivity index (χ4v) is 2.98. The molecule has 3 nitrogen and oxygen atoms in total. The Morgan fingerprint density at radius 2 is 2.25 bits per heavy atom. The van der Waals surface area contributed by atoms with Crippen LogP contribution in [0, 0.1) is 12.8 Å². The summed E-state index contributed by atoms with van der Waals surface area (Å²) in [6.07, 6.45) is 0. The number of hydrogen-bond acceptors (Lipinski definition) is 3. The number of aryl methyl sites for hydroxylation is 1. The Bertz CT molecular complexity index is 357. The first-order chi connectivity index (χ1) is 7.41. The van der Waals surface area contributed by atoms with Crippen LogP contribution in [0.1, 0.15) is 23.6 Å². The number of hydrogen-bond donors (Lipinski definition) is 2. The summed E-state index contributed by atoms with van der Waals surface area (Å²) < 4.78 is 1.09. The molecule has 0 fully saturated rings. The van der Waals surface area contributed by atoms with Crippen molar-refractivity contribution in [3.8, 4) is 0 Å². The van der Waals surface area contributed by atoms with Crippen LogP contribution >= 0.6 is 27.3 Å². The molecule has 1 aromatic heterocycles. The van der Waals surface area contributed by atoms with Gasteiger partial charge in [0.2, 0.25) is 0 Å². The zero-order valence-electron chi connectivity index (χ0n) is 9.58. The predicted octanol–water partition coefficient (Wildman–Crippen LogP) is 3.02. The summed E-state index contributed by atoms with van der Waals surface area (Å²) in [6, 6.07) is 1.55. The van der Waals surface area contributed by atoms with E-state index < -0.39 is 12.0 Å². The average molecular weight is 306 g/mol. The second-order valence-corrected chi connectivity index (χ2v) is 6.25. The van der Waals surface area contributed by atoms with Crippen molar-refractivity contribution >= 4 is 33.2 Å². The van der Waals surface area contributed by atoms with Crippen LogP contribution in [0.3, 0.4) is 0 Å². The molecule has 0 spiro atoms. The minimum atomic E-state index is -0.789. The minimum absolute atomic E-state index is 0.0852. The van der Waals surface area contributed by atoms with Crippen LogP contribution < -0.4 is 5.32 Å². The van der Waals surface area contributed by atoms with Gasteiger partial charge < -0.3 is 5.11 Å². The van der Waals surface area contributed by atoms with Crippen molar-refractivity contribution < 1.29 is 9.90 Å². The molecule has 1 atom stereocenters. The molecule has 0 radical (unpaired) electrons. The van der Waals surface area contributed by atoms with Crippen molar-refractivity contribution in [2.24, 2.45) is 5.92 Å². The third kappa shape index (κ3) is 3.57. The van der Waals surface area contributed by atoms with Crippen LogP contribution in [0.15, 0.2) is 10.5 Å². The summed E-state index contributed by atoms with van der Waals surface area (Å²) in [6.45, 7) is 6.45. The summed E-state index contributed by atoms with van der Waals surface area (Å²) in [5.74, 6) is -0.704. The topological polar surface area (TPSA) is 49.3 Å². The molecule has 0 bridgehead atoms. The molecular weight excluding hydrogens is 290 g/mol. The van der Waals surface area contributed by atoms with Gasteiger partial charge in [-0.3, -0.25) is 10.1 Å². The fourth-order valence-electron chi connectivity index (χ4n) is 1.42. The van der Waals surface area contributed by atoms with Crippen molar-refractivity contribution in [1.82, 2.24) is 5.32 Å². The smallest absolute Gasteiger partial charge is 0.320 e. The van der Waals surface area contributed by atoms with Crippen molar-refractivity contribution in [3.63, 3.8) is 0 Å². The maximum absolute atomic E-state index is 11.0. The van der Waals surface area contributed by atoms with E-state index in [0.29, 0.717) is 6.54 Å². The number of carbonyl (C=O) groups is 1. The van der Waals surface area contributed by atoms with Gasteiger partial charge in [-0.25, -0.2) is 0 Å². The zero-order valence-corrected chi connectivity index (χ0v) is 12.0. The van der Waals surface area contributed by atoms with Crippen LogP contribution in [-0.2, 0) is 11.3 Å². The number of thiophene rings is 1. The SMILES string of the molecule is Cc1sc(CNC(C(=O)O)C(C)C)cc1Br. The van der Waals surface area contributed by atoms with Gasteiger partial charge in [0.15, 0.2) is 0 Å². The van der Waals surface area contributed by atoms with E-state index in [4.69, 9.17) is 5.11 Å². The summed E-state index contributed by atoms with van der Waals surface area (Å²) in [4.78, 5) is 13.3. The molecule has 2 N–H and O–H groups in total. The highest BCUT2D eigenvalue weighted by Crippen LogP contribution is 2.26. The van der Waals surface area contributed by atoms with Crippen LogP contribution in [0.4, 0.5) is 0 Å². The molecule has 0 amide bonds. The largest absolute Gasteiger partial charge is 0.480 e. The van der Waals surface area contributed by atoms with E-state index in [1.807, 2.05) is 26.8 Å². The lowest BCUT2D eigenvalue weighted by Gasteiger charge is -2.17. The average Bonchev–Trinajstić information content (AvgIpc) is 2.45. The summed E-state index contributed by atoms with van der Waals surface area (Å²) in [5.41, 5.74) is 0. The van der Waals surface area contributed by atoms with E-state index in [-0.39, 0.29) is 5.92 Å². The van der Waals surface area contributed by atoms with E-state index in [9.17, 15) is 4.79 Å². The first-order valence-electron chi connectivity index (χ1n) is 5.12. The molecule has 16 heavy (non-hydrogen) atoms. The van der Waals surface area contributed by atoms with Crippen LogP contribution in [0.25, 0.3) is 0 Å². The summed E-state index contributed by atoms with van der Waals surface area (Å²) >= 11 is 5.12. The van der Waals surface area contributed by atoms with E-state index in [0.717, 1.165) is 9.35 Å². The summed E-state index contributed by atoms with van der Waals surface area (Å²) in [5, 5.41) is 12.1. The van der Waals surface area contributed by atoms with E-state index >= 15 is 0 Å². The fraction of sp³-hybridized carbons (Fsp3) is 0.545. The van der Waals surface area contributed by atoms with Crippen LogP contribution in [0.5, 0.6) is 0 Å². The van der Waals surface area contributed by atoms with Crippen LogP contribution in [0.2, 0.25) is 0 Å². The Balaban J connectivity index is 2.59. The molecule has 0 aromatic carbocycles. The van der Waals surface area contributed by atoms with Crippen molar-refractivity contribution in [1.29, 1.82) is 0 Å². The minimum Gasteiger partial charge on any atom is -0.480 e. The highest BCUT2D eigenvalue weighted by Gasteiger charge is 2.20. The number of rotatable bonds is 5. The van der Waals surface area contributed by atoms with Gasteiger partial charge in [0.25, 0.3) is 0 Å². The van der Waals surface area contributed by atoms with Gasteiger partial charge in [0.1, 0.15) is 6.04 Å². The van der Waals surface area contributed by atoms with Gasteiger partial charge in [-0.2, -0.15) is 0 Å². The lowest BCUT2D eigenvalue weighted by Crippen LogP contribution is -2.40. The Hall–Kier alpha value is -0.390. The van der Waals surface area contributed by atoms with Crippen LogP contribution in [-0.4, -0.2) is 17.1 Å². The van der Waals surface area contributed by atoms with Crippen molar-refractivity contribution in [2.45, 2.75) is 33.4 Å². The third-order valence-electron chi connectivity index (χ3n) is 2.34. The second kappa shape index (κ2) is 5.80. The Kier molecular flexibility index (Phi) is 4.95. The highest BCUT2D eigenvalue weighted by molar-refractivity contribution is 9.10. The molecule has 0 saturated carbocycles. The normalized spacial score (nSPS) is 13.1. The van der Waals surface area contributed by atoms with E-state index in [2.05, 4.69) is 21.2 Å². The van der Waals surface area contributed by atoms with Gasteiger partial charge in [0, 0.05) is 20.8 Å². The van der Waals surface area contributed by atoms with E-state index in [1.54, 1.807) is 11.3 Å². The maximum atomic E-state index is 11.0. The van der Waals surface area contributed by atoms with Gasteiger partial charge in [0.05, 0.1) is 0 Å². The van der Waals surface area contributed by atoms with Crippen molar-refractivity contribution in [3.05, 3.63) is 20.3 Å². The molecule has 0 saturated heterocycles. The first kappa shape index (κ1) is 13.7. The lowest BCUT2D eigenvalue weighted by atomic mass is 10.1. The quantitative estimate of drug-likeness (QED) is 0.879. The molecule has 1 heterocycles. The van der Waals surface area contributed by atoms with Gasteiger partial charge >= 0.3 is 5.97 Å². The van der Waals surface area contributed by atoms with Gasteiger partial charge in [-0.15, -0.1) is 11.3 Å². The maximum Gasteiger partial charge on any atom is 0.320 e. The molecular formula is C11H16BrNO2S. The number of carboxylic acid groups (broad SMARTS) is 1. The zero-order chi connectivity index (χ0) is 12.3. The van der Waals surface area contributed by atoms with Gasteiger partial charge in [-0.1, -0.05) is 13.8 Å². The number of halogens is 1. The third-order valence-corrected chi connectivity index (χ3v) is 4.47. The molecule has 1 rings (SSSR count). The molecule has 0 aliphatic carbocycles. The molecule has 0 aliphatic heterocycles. The lowest BCUT2D eigenvalue weighted by molar-refractivity contribution is -0.140. The first-order valence-corrected chi connectivity index (χ1v) is 6.73. The summed E-state index contributed by atoms with van der Waals surface area (Å²) in [7, 11) is 0. The predicted molar refractivity (Wildman–Crippen MR) is 69.9 cm³/mol. The molecule has 90 valence electrons. The monoisotopic (exact) mass is 305 g/mol. The number of carboxylic acids is 1.